The Bertz CT molecular complexity index is 709. The first kappa shape index (κ1) is 17.9. The molecule has 134 valence electrons. The van der Waals surface area contributed by atoms with E-state index in [1.165, 1.54) is 5.39 Å². The van der Waals surface area contributed by atoms with Gasteiger partial charge in [0, 0.05) is 26.2 Å². The highest BCUT2D eigenvalue weighted by molar-refractivity contribution is 5.90. The summed E-state index contributed by atoms with van der Waals surface area (Å²) in [5, 5.41) is 5.37. The fourth-order valence-electron chi connectivity index (χ4n) is 3.50. The summed E-state index contributed by atoms with van der Waals surface area (Å²) in [7, 11) is 0. The first-order chi connectivity index (χ1) is 12.1. The molecule has 1 N–H and O–H groups in total. The van der Waals surface area contributed by atoms with Crippen LogP contribution in [0.25, 0.3) is 10.8 Å². The van der Waals surface area contributed by atoms with E-state index in [2.05, 4.69) is 42.3 Å². The number of hydrogen-bond acceptors (Lipinski definition) is 3. The molecule has 1 saturated heterocycles. The fourth-order valence-corrected chi connectivity index (χ4v) is 3.50. The summed E-state index contributed by atoms with van der Waals surface area (Å²) in [6, 6.07) is 14.3. The summed E-state index contributed by atoms with van der Waals surface area (Å²) in [5.41, 5.74) is 1.07. The molecule has 1 atom stereocenters. The molecule has 1 heterocycles. The number of ether oxygens (including phenoxy) is 1. The molecule has 4 nitrogen and oxygen atoms in total. The maximum absolute atomic E-state index is 12.4. The molecular weight excluding hydrogens is 312 g/mol. The quantitative estimate of drug-likeness (QED) is 0.879. The van der Waals surface area contributed by atoms with Crippen molar-refractivity contribution in [2.24, 2.45) is 5.92 Å². The van der Waals surface area contributed by atoms with E-state index in [0.717, 1.165) is 37.2 Å². The van der Waals surface area contributed by atoms with E-state index >= 15 is 0 Å². The van der Waals surface area contributed by atoms with Gasteiger partial charge in [0.05, 0.1) is 19.1 Å². The lowest BCUT2D eigenvalue weighted by Gasteiger charge is -2.34. The van der Waals surface area contributed by atoms with Crippen LogP contribution in [-0.2, 0) is 16.0 Å². The Kier molecular flexibility index (Phi) is 6.05. The van der Waals surface area contributed by atoms with Crippen molar-refractivity contribution in [2.45, 2.75) is 26.4 Å². The summed E-state index contributed by atoms with van der Waals surface area (Å²) in [6.07, 6.45) is 0.494. The second kappa shape index (κ2) is 8.45. The molecule has 25 heavy (non-hydrogen) atoms. The zero-order valence-corrected chi connectivity index (χ0v) is 15.2. The predicted molar refractivity (Wildman–Crippen MR) is 102 cm³/mol. The normalized spacial score (nSPS) is 18.6. The summed E-state index contributed by atoms with van der Waals surface area (Å²) in [5.74, 6) is 0.709. The third-order valence-corrected chi connectivity index (χ3v) is 4.60. The van der Waals surface area contributed by atoms with Crippen LogP contribution < -0.4 is 5.32 Å². The average Bonchev–Trinajstić information content (AvgIpc) is 2.60. The van der Waals surface area contributed by atoms with Crippen molar-refractivity contribution >= 4 is 16.7 Å². The van der Waals surface area contributed by atoms with Gasteiger partial charge in [-0.3, -0.25) is 9.69 Å². The number of fused-ring (bicyclic) bond motifs is 1. The second-order valence-corrected chi connectivity index (χ2v) is 7.27. The van der Waals surface area contributed by atoms with Gasteiger partial charge in [0.15, 0.2) is 0 Å². The van der Waals surface area contributed by atoms with Gasteiger partial charge >= 0.3 is 0 Å². The molecule has 3 rings (SSSR count). The maximum atomic E-state index is 12.4. The predicted octanol–water partition coefficient (Wildman–Crippen LogP) is 2.86. The Labute approximate surface area is 150 Å². The molecule has 0 saturated carbocycles. The highest BCUT2D eigenvalue weighted by atomic mass is 16.5. The van der Waals surface area contributed by atoms with Gasteiger partial charge in [0.1, 0.15) is 0 Å². The minimum Gasteiger partial charge on any atom is -0.374 e. The number of hydrogen-bond donors (Lipinski definition) is 1. The van der Waals surface area contributed by atoms with E-state index in [0.29, 0.717) is 18.9 Å². The zero-order valence-electron chi connectivity index (χ0n) is 15.2. The molecule has 0 aromatic heterocycles. The number of carbonyl (C=O) groups is 1. The first-order valence-electron chi connectivity index (χ1n) is 9.19. The average molecular weight is 340 g/mol. The van der Waals surface area contributed by atoms with Crippen molar-refractivity contribution in [3.05, 3.63) is 48.0 Å². The Balaban J connectivity index is 1.52. The molecule has 0 aliphatic carbocycles. The van der Waals surface area contributed by atoms with Gasteiger partial charge < -0.3 is 10.1 Å². The minimum atomic E-state index is 0.0564. The Morgan fingerprint density at radius 3 is 2.88 bits per heavy atom. The van der Waals surface area contributed by atoms with Crippen molar-refractivity contribution in [3.8, 4) is 0 Å². The van der Waals surface area contributed by atoms with E-state index in [-0.39, 0.29) is 12.0 Å². The van der Waals surface area contributed by atoms with Crippen LogP contribution in [0.4, 0.5) is 0 Å². The molecule has 0 bridgehead atoms. The number of rotatable bonds is 6. The summed E-state index contributed by atoms with van der Waals surface area (Å²) in [4.78, 5) is 14.8. The lowest BCUT2D eigenvalue weighted by molar-refractivity contribution is -0.121. The van der Waals surface area contributed by atoms with Gasteiger partial charge in [0.25, 0.3) is 0 Å². The molecule has 4 heteroatoms. The highest BCUT2D eigenvalue weighted by Gasteiger charge is 2.21. The van der Waals surface area contributed by atoms with E-state index in [1.807, 2.05) is 24.3 Å². The molecule has 1 fully saturated rings. The van der Waals surface area contributed by atoms with Gasteiger partial charge in [-0.25, -0.2) is 0 Å². The second-order valence-electron chi connectivity index (χ2n) is 7.27. The van der Waals surface area contributed by atoms with Crippen LogP contribution in [0, 0.1) is 5.92 Å². The maximum Gasteiger partial charge on any atom is 0.224 e. The lowest BCUT2D eigenvalue weighted by atomic mass is 10.0. The van der Waals surface area contributed by atoms with Crippen LogP contribution in [0.1, 0.15) is 19.4 Å². The van der Waals surface area contributed by atoms with Gasteiger partial charge in [0.2, 0.25) is 5.91 Å². The number of carbonyl (C=O) groups excluding carboxylic acids is 1. The topological polar surface area (TPSA) is 41.6 Å². The lowest BCUT2D eigenvalue weighted by Crippen LogP contribution is -2.48. The van der Waals surface area contributed by atoms with E-state index < -0.39 is 0 Å². The van der Waals surface area contributed by atoms with Crippen LogP contribution in [0.2, 0.25) is 0 Å². The molecule has 0 spiro atoms. The molecule has 1 amide bonds. The van der Waals surface area contributed by atoms with Crippen LogP contribution in [0.5, 0.6) is 0 Å². The van der Waals surface area contributed by atoms with Gasteiger partial charge in [-0.1, -0.05) is 56.3 Å². The van der Waals surface area contributed by atoms with Crippen molar-refractivity contribution in [1.82, 2.24) is 10.2 Å². The van der Waals surface area contributed by atoms with Crippen molar-refractivity contribution < 1.29 is 9.53 Å². The van der Waals surface area contributed by atoms with Crippen LogP contribution in [0.15, 0.2) is 42.5 Å². The molecule has 1 unspecified atom stereocenters. The molecule has 2 aromatic rings. The smallest absolute Gasteiger partial charge is 0.224 e. The fraction of sp³-hybridized carbons (Fsp3) is 0.476. The van der Waals surface area contributed by atoms with Crippen LogP contribution >= 0.6 is 0 Å². The van der Waals surface area contributed by atoms with Gasteiger partial charge in [-0.15, -0.1) is 0 Å². The molecule has 1 aliphatic heterocycles. The van der Waals surface area contributed by atoms with E-state index in [1.54, 1.807) is 0 Å². The largest absolute Gasteiger partial charge is 0.374 e. The molecule has 1 aliphatic rings. The third kappa shape index (κ3) is 5.03. The van der Waals surface area contributed by atoms with Crippen molar-refractivity contribution in [3.63, 3.8) is 0 Å². The third-order valence-electron chi connectivity index (χ3n) is 4.60. The van der Waals surface area contributed by atoms with Crippen LogP contribution in [0.3, 0.4) is 0 Å². The van der Waals surface area contributed by atoms with Gasteiger partial charge in [-0.05, 0) is 22.3 Å². The van der Waals surface area contributed by atoms with Crippen molar-refractivity contribution in [1.29, 1.82) is 0 Å². The van der Waals surface area contributed by atoms with Crippen LogP contribution in [-0.4, -0.2) is 49.7 Å². The number of benzene rings is 2. The monoisotopic (exact) mass is 340 g/mol. The first-order valence-corrected chi connectivity index (χ1v) is 9.19. The Morgan fingerprint density at radius 2 is 2.04 bits per heavy atom. The Hall–Kier alpha value is -1.91. The highest BCUT2D eigenvalue weighted by Crippen LogP contribution is 2.18. The standard InChI is InChI=1S/C21H28N2O2/c1-16(2)14-23-10-11-25-19(15-23)13-22-21(24)12-18-8-5-7-17-6-3-4-9-20(17)18/h3-9,16,19H,10-15H2,1-2H3,(H,22,24). The van der Waals surface area contributed by atoms with Gasteiger partial charge in [-0.2, -0.15) is 0 Å². The van der Waals surface area contributed by atoms with E-state index in [9.17, 15) is 4.79 Å². The molecular formula is C21H28N2O2. The minimum absolute atomic E-state index is 0.0564. The number of morpholine rings is 1. The summed E-state index contributed by atoms with van der Waals surface area (Å²) < 4.78 is 5.80. The van der Waals surface area contributed by atoms with E-state index in [4.69, 9.17) is 4.74 Å². The summed E-state index contributed by atoms with van der Waals surface area (Å²) in [6.45, 7) is 8.76. The molecule has 0 radical (unpaired) electrons. The van der Waals surface area contributed by atoms with Crippen molar-refractivity contribution in [2.75, 3.05) is 32.8 Å². The summed E-state index contributed by atoms with van der Waals surface area (Å²) >= 11 is 0. The SMILES string of the molecule is CC(C)CN1CCOC(CNC(=O)Cc2cccc3ccccc23)C1. The number of amides is 1. The number of nitrogens with one attached hydrogen (secondary N) is 1. The molecule has 2 aromatic carbocycles. The zero-order chi connectivity index (χ0) is 17.6. The number of nitrogens with zero attached hydrogens (tertiary/aromatic N) is 1. The Morgan fingerprint density at radius 1 is 1.24 bits per heavy atom.